The predicted octanol–water partition coefficient (Wildman–Crippen LogP) is 4.41. The van der Waals surface area contributed by atoms with Gasteiger partial charge in [0.25, 0.3) is 0 Å². The third kappa shape index (κ3) is 4.64. The summed E-state index contributed by atoms with van der Waals surface area (Å²) >= 11 is 0. The maximum atomic E-state index is 14.2. The first-order valence-electron chi connectivity index (χ1n) is 14.0. The van der Waals surface area contributed by atoms with Gasteiger partial charge in [0.15, 0.2) is 0 Å². The summed E-state index contributed by atoms with van der Waals surface area (Å²) in [5.74, 6) is 1.34. The van der Waals surface area contributed by atoms with Gasteiger partial charge < -0.3 is 21.1 Å². The lowest BCUT2D eigenvalue weighted by atomic mass is 9.66. The van der Waals surface area contributed by atoms with Gasteiger partial charge in [-0.05, 0) is 74.1 Å². The Morgan fingerprint density at radius 3 is 2.39 bits per heavy atom. The minimum absolute atomic E-state index is 0.170. The number of aromatic nitrogens is 2. The minimum atomic E-state index is -0.563. The maximum absolute atomic E-state index is 14.2. The van der Waals surface area contributed by atoms with E-state index in [1.54, 1.807) is 18.3 Å². The van der Waals surface area contributed by atoms with Crippen molar-refractivity contribution in [1.82, 2.24) is 15.5 Å². The molecule has 6 rings (SSSR count). The molecule has 2 bridgehead atoms. The monoisotopic (exact) mass is 511 g/mol. The maximum Gasteiger partial charge on any atom is 0.231 e. The van der Waals surface area contributed by atoms with Crippen LogP contribution in [-0.4, -0.2) is 46.4 Å². The standard InChI is InChI=1S/C31H37N5O2/c32-24-17-21-7-6-8-22(18-24)29(21)34-30(38)31(23-9-2-1-3-10-23)13-15-36(16-14-31)25-19-27(35-33-20-25)26-11-4-5-12-28(26)37/h1-5,9-12,19-22,24,29,37H,6-8,13-18,32H2,(H,34,38). The fourth-order valence-electron chi connectivity index (χ4n) is 7.22. The summed E-state index contributed by atoms with van der Waals surface area (Å²) in [4.78, 5) is 16.5. The first-order chi connectivity index (χ1) is 18.5. The normalized spacial score (nSPS) is 26.5. The molecule has 1 saturated heterocycles. The molecule has 3 aliphatic rings. The fraction of sp³-hybridized carbons (Fsp3) is 0.452. The minimum Gasteiger partial charge on any atom is -0.507 e. The largest absolute Gasteiger partial charge is 0.507 e. The van der Waals surface area contributed by atoms with Gasteiger partial charge in [-0.3, -0.25) is 4.79 Å². The number of nitrogens with one attached hydrogen (secondary N) is 1. The summed E-state index contributed by atoms with van der Waals surface area (Å²) in [6, 6.07) is 20.0. The molecular formula is C31H37N5O2. The second-order valence-corrected chi connectivity index (χ2v) is 11.4. The molecule has 2 atom stereocenters. The highest BCUT2D eigenvalue weighted by Gasteiger charge is 2.47. The van der Waals surface area contributed by atoms with Crippen molar-refractivity contribution in [3.05, 3.63) is 72.4 Å². The Hall–Kier alpha value is -3.45. The van der Waals surface area contributed by atoms with Gasteiger partial charge in [0, 0.05) is 30.7 Å². The molecule has 7 heteroatoms. The molecule has 1 amide bonds. The van der Waals surface area contributed by atoms with Crippen molar-refractivity contribution in [3.8, 4) is 17.0 Å². The molecule has 0 spiro atoms. The lowest BCUT2D eigenvalue weighted by Crippen LogP contribution is -2.59. The van der Waals surface area contributed by atoms with Crippen LogP contribution in [0.4, 0.5) is 5.69 Å². The topological polar surface area (TPSA) is 104 Å². The number of hydrogen-bond acceptors (Lipinski definition) is 6. The molecule has 1 aliphatic heterocycles. The Morgan fingerprint density at radius 2 is 1.68 bits per heavy atom. The van der Waals surface area contributed by atoms with E-state index in [0.29, 0.717) is 23.1 Å². The van der Waals surface area contributed by atoms with Gasteiger partial charge >= 0.3 is 0 Å². The average Bonchev–Trinajstić information content (AvgIpc) is 2.94. The lowest BCUT2D eigenvalue weighted by Gasteiger charge is -2.48. The zero-order valence-corrected chi connectivity index (χ0v) is 21.8. The Kier molecular flexibility index (Phi) is 6.78. The summed E-state index contributed by atoms with van der Waals surface area (Å²) in [5.41, 5.74) is 9.15. The number of hydrogen-bond donors (Lipinski definition) is 3. The average molecular weight is 512 g/mol. The number of nitrogens with zero attached hydrogens (tertiary/aromatic N) is 3. The second kappa shape index (κ2) is 10.4. The Morgan fingerprint density at radius 1 is 1.00 bits per heavy atom. The molecule has 4 N–H and O–H groups in total. The molecule has 2 unspecified atom stereocenters. The van der Waals surface area contributed by atoms with Crippen molar-refractivity contribution >= 4 is 11.6 Å². The van der Waals surface area contributed by atoms with E-state index in [9.17, 15) is 9.90 Å². The first-order valence-corrected chi connectivity index (χ1v) is 14.0. The van der Waals surface area contributed by atoms with Crippen LogP contribution in [0.3, 0.4) is 0 Å². The van der Waals surface area contributed by atoms with Crippen LogP contribution >= 0.6 is 0 Å². The highest BCUT2D eigenvalue weighted by atomic mass is 16.3. The van der Waals surface area contributed by atoms with E-state index in [2.05, 4.69) is 32.5 Å². The van der Waals surface area contributed by atoms with Gasteiger partial charge in [-0.2, -0.15) is 10.2 Å². The molecule has 2 saturated carbocycles. The van der Waals surface area contributed by atoms with Crippen molar-refractivity contribution in [2.24, 2.45) is 17.6 Å². The number of amides is 1. The number of aromatic hydroxyl groups is 1. The predicted molar refractivity (Wildman–Crippen MR) is 149 cm³/mol. The molecule has 38 heavy (non-hydrogen) atoms. The van der Waals surface area contributed by atoms with Crippen molar-refractivity contribution in [3.63, 3.8) is 0 Å². The van der Waals surface area contributed by atoms with Crippen LogP contribution in [-0.2, 0) is 10.2 Å². The zero-order chi connectivity index (χ0) is 26.1. The van der Waals surface area contributed by atoms with E-state index in [-0.39, 0.29) is 23.7 Å². The second-order valence-electron chi connectivity index (χ2n) is 11.4. The Bertz CT molecular complexity index is 1260. The van der Waals surface area contributed by atoms with E-state index in [4.69, 9.17) is 5.73 Å². The highest BCUT2D eigenvalue weighted by molar-refractivity contribution is 5.89. The molecule has 3 aromatic rings. The molecule has 198 valence electrons. The van der Waals surface area contributed by atoms with E-state index in [1.165, 1.54) is 6.42 Å². The molecule has 1 aromatic heterocycles. The first kappa shape index (κ1) is 24.9. The van der Waals surface area contributed by atoms with Crippen molar-refractivity contribution in [1.29, 1.82) is 0 Å². The van der Waals surface area contributed by atoms with Crippen LogP contribution in [0.25, 0.3) is 11.3 Å². The van der Waals surface area contributed by atoms with E-state index < -0.39 is 5.41 Å². The number of carbonyl (C=O) groups excluding carboxylic acids is 1. The van der Waals surface area contributed by atoms with Crippen molar-refractivity contribution in [2.75, 3.05) is 18.0 Å². The fourth-order valence-corrected chi connectivity index (χ4v) is 7.22. The smallest absolute Gasteiger partial charge is 0.231 e. The summed E-state index contributed by atoms with van der Waals surface area (Å²) in [6.07, 6.45) is 8.81. The van der Waals surface area contributed by atoms with Gasteiger partial charge in [-0.25, -0.2) is 0 Å². The van der Waals surface area contributed by atoms with Crippen molar-refractivity contribution in [2.45, 2.75) is 62.4 Å². The van der Waals surface area contributed by atoms with Crippen LogP contribution in [0.2, 0.25) is 0 Å². The van der Waals surface area contributed by atoms with E-state index in [0.717, 1.165) is 62.9 Å². The SMILES string of the molecule is NC1CC2CCCC(C1)C2NC(=O)C1(c2ccccc2)CCN(c2cnnc(-c3ccccc3O)c2)CC1. The molecule has 2 aliphatic carbocycles. The summed E-state index contributed by atoms with van der Waals surface area (Å²) in [6.45, 7) is 1.47. The number of nitrogens with two attached hydrogens (primary N) is 1. The Balaban J connectivity index is 1.23. The molecule has 3 fully saturated rings. The molecule has 2 heterocycles. The quantitative estimate of drug-likeness (QED) is 0.469. The Labute approximate surface area is 224 Å². The van der Waals surface area contributed by atoms with E-state index in [1.807, 2.05) is 36.4 Å². The molecule has 2 aromatic carbocycles. The van der Waals surface area contributed by atoms with Crippen LogP contribution in [0, 0.1) is 11.8 Å². The molecular weight excluding hydrogens is 474 g/mol. The van der Waals surface area contributed by atoms with Crippen LogP contribution in [0.15, 0.2) is 66.9 Å². The third-order valence-corrected chi connectivity index (χ3v) is 9.24. The van der Waals surface area contributed by atoms with E-state index >= 15 is 0 Å². The summed E-state index contributed by atoms with van der Waals surface area (Å²) in [7, 11) is 0. The third-order valence-electron chi connectivity index (χ3n) is 9.24. The number of phenolic OH excluding ortho intramolecular Hbond substituents is 1. The van der Waals surface area contributed by atoms with Crippen LogP contribution < -0.4 is 16.0 Å². The highest BCUT2D eigenvalue weighted by Crippen LogP contribution is 2.42. The van der Waals surface area contributed by atoms with Gasteiger partial charge in [-0.15, -0.1) is 0 Å². The zero-order valence-electron chi connectivity index (χ0n) is 21.8. The number of phenols is 1. The van der Waals surface area contributed by atoms with Gasteiger partial charge in [0.05, 0.1) is 23.0 Å². The van der Waals surface area contributed by atoms with Gasteiger partial charge in [0.1, 0.15) is 5.75 Å². The van der Waals surface area contributed by atoms with Crippen LogP contribution in [0.5, 0.6) is 5.75 Å². The molecule has 7 nitrogen and oxygen atoms in total. The summed E-state index contributed by atoms with van der Waals surface area (Å²) < 4.78 is 0. The number of fused-ring (bicyclic) bond motifs is 2. The van der Waals surface area contributed by atoms with Gasteiger partial charge in [-0.1, -0.05) is 48.9 Å². The van der Waals surface area contributed by atoms with Crippen molar-refractivity contribution < 1.29 is 9.90 Å². The number of rotatable bonds is 5. The molecule has 0 radical (unpaired) electrons. The number of benzene rings is 2. The number of para-hydroxylation sites is 1. The van der Waals surface area contributed by atoms with Crippen LogP contribution in [0.1, 0.15) is 50.5 Å². The van der Waals surface area contributed by atoms with Gasteiger partial charge in [0.2, 0.25) is 5.91 Å². The number of piperidine rings is 1. The summed E-state index contributed by atoms with van der Waals surface area (Å²) in [5, 5.41) is 22.4. The number of carbonyl (C=O) groups is 1. The number of anilines is 1. The lowest BCUT2D eigenvalue weighted by molar-refractivity contribution is -0.130.